The zero-order valence-corrected chi connectivity index (χ0v) is 11.7. The van der Waals surface area contributed by atoms with Gasteiger partial charge in [0, 0.05) is 18.7 Å². The maximum absolute atomic E-state index is 12.9. The number of aromatic hydroxyl groups is 1. The summed E-state index contributed by atoms with van der Waals surface area (Å²) < 4.78 is 12.9. The number of likely N-dealkylation sites (tertiary alicyclic amines) is 1. The number of benzene rings is 1. The van der Waals surface area contributed by atoms with Crippen LogP contribution in [0.15, 0.2) is 18.2 Å². The van der Waals surface area contributed by atoms with Crippen LogP contribution in [0.5, 0.6) is 5.75 Å². The van der Waals surface area contributed by atoms with Gasteiger partial charge in [0.15, 0.2) is 11.6 Å². The molecule has 1 aromatic rings. The number of carbonyl (C=O) groups is 1. The molecule has 110 valence electrons. The molecule has 2 rings (SSSR count). The summed E-state index contributed by atoms with van der Waals surface area (Å²) in [6.45, 7) is 2.83. The van der Waals surface area contributed by atoms with Crippen LogP contribution < -0.4 is 5.32 Å². The second kappa shape index (κ2) is 6.70. The third-order valence-electron chi connectivity index (χ3n) is 3.77. The summed E-state index contributed by atoms with van der Waals surface area (Å²) in [7, 11) is 2.12. The van der Waals surface area contributed by atoms with E-state index in [1.54, 1.807) is 0 Å². The van der Waals surface area contributed by atoms with Gasteiger partial charge < -0.3 is 15.3 Å². The van der Waals surface area contributed by atoms with Crippen LogP contribution in [-0.4, -0.2) is 42.6 Å². The second-order valence-electron chi connectivity index (χ2n) is 5.48. The molecule has 2 N–H and O–H groups in total. The van der Waals surface area contributed by atoms with Gasteiger partial charge in [-0.1, -0.05) is 0 Å². The summed E-state index contributed by atoms with van der Waals surface area (Å²) in [5, 5.41) is 12.1. The average molecular weight is 280 g/mol. The Bertz CT molecular complexity index is 479. The third-order valence-corrected chi connectivity index (χ3v) is 3.77. The number of hydrogen-bond donors (Lipinski definition) is 2. The van der Waals surface area contributed by atoms with Gasteiger partial charge in [0.2, 0.25) is 0 Å². The minimum Gasteiger partial charge on any atom is -0.505 e. The molecule has 1 unspecified atom stereocenters. The monoisotopic (exact) mass is 280 g/mol. The molecule has 0 aliphatic carbocycles. The van der Waals surface area contributed by atoms with Crippen LogP contribution in [0.25, 0.3) is 0 Å². The molecule has 1 aliphatic heterocycles. The molecule has 0 spiro atoms. The van der Waals surface area contributed by atoms with Crippen molar-refractivity contribution in [2.45, 2.75) is 19.3 Å². The van der Waals surface area contributed by atoms with Crippen LogP contribution >= 0.6 is 0 Å². The molecule has 0 bridgehead atoms. The topological polar surface area (TPSA) is 52.6 Å². The summed E-state index contributed by atoms with van der Waals surface area (Å²) in [4.78, 5) is 14.2. The van der Waals surface area contributed by atoms with Crippen molar-refractivity contribution in [1.29, 1.82) is 0 Å². The summed E-state index contributed by atoms with van der Waals surface area (Å²) in [5.74, 6) is -0.863. The number of piperidine rings is 1. The molecule has 1 amide bonds. The molecule has 0 aromatic heterocycles. The van der Waals surface area contributed by atoms with E-state index in [0.717, 1.165) is 31.6 Å². The lowest BCUT2D eigenvalue weighted by atomic mass is 9.95. The van der Waals surface area contributed by atoms with Crippen molar-refractivity contribution in [2.24, 2.45) is 5.92 Å². The molecule has 0 saturated carbocycles. The van der Waals surface area contributed by atoms with E-state index in [4.69, 9.17) is 0 Å². The molecule has 5 heteroatoms. The van der Waals surface area contributed by atoms with Gasteiger partial charge in [0.1, 0.15) is 0 Å². The lowest BCUT2D eigenvalue weighted by Crippen LogP contribution is -2.34. The van der Waals surface area contributed by atoms with Crippen LogP contribution in [0.1, 0.15) is 29.6 Å². The molecule has 1 fully saturated rings. The van der Waals surface area contributed by atoms with Gasteiger partial charge in [-0.15, -0.1) is 0 Å². The van der Waals surface area contributed by atoms with Crippen molar-refractivity contribution in [2.75, 3.05) is 26.7 Å². The maximum Gasteiger partial charge on any atom is 0.251 e. The van der Waals surface area contributed by atoms with Gasteiger partial charge in [0.25, 0.3) is 5.91 Å². The van der Waals surface area contributed by atoms with E-state index in [0.29, 0.717) is 12.5 Å². The van der Waals surface area contributed by atoms with Crippen molar-refractivity contribution < 1.29 is 14.3 Å². The van der Waals surface area contributed by atoms with E-state index in [1.165, 1.54) is 18.9 Å². The minimum atomic E-state index is -0.716. The smallest absolute Gasteiger partial charge is 0.251 e. The normalized spacial score (nSPS) is 19.8. The lowest BCUT2D eigenvalue weighted by molar-refractivity contribution is 0.0948. The van der Waals surface area contributed by atoms with Gasteiger partial charge in [-0.25, -0.2) is 4.39 Å². The first-order valence-corrected chi connectivity index (χ1v) is 7.01. The average Bonchev–Trinajstić information content (AvgIpc) is 2.42. The first kappa shape index (κ1) is 14.8. The number of rotatable bonds is 4. The number of halogens is 1. The molecule has 1 aromatic carbocycles. The zero-order chi connectivity index (χ0) is 14.5. The van der Waals surface area contributed by atoms with E-state index < -0.39 is 11.6 Å². The summed E-state index contributed by atoms with van der Waals surface area (Å²) in [5.41, 5.74) is 0.282. The predicted molar refractivity (Wildman–Crippen MR) is 75.2 cm³/mol. The van der Waals surface area contributed by atoms with E-state index in [9.17, 15) is 14.3 Å². The Morgan fingerprint density at radius 3 is 3.05 bits per heavy atom. The number of nitrogens with one attached hydrogen (secondary N) is 1. The van der Waals surface area contributed by atoms with Gasteiger partial charge in [-0.05, 0) is 57.0 Å². The van der Waals surface area contributed by atoms with Gasteiger partial charge in [-0.3, -0.25) is 4.79 Å². The Morgan fingerprint density at radius 1 is 1.55 bits per heavy atom. The molecule has 20 heavy (non-hydrogen) atoms. The first-order valence-electron chi connectivity index (χ1n) is 7.01. The highest BCUT2D eigenvalue weighted by Gasteiger charge is 2.17. The fourth-order valence-electron chi connectivity index (χ4n) is 2.65. The van der Waals surface area contributed by atoms with Crippen LogP contribution in [0, 0.1) is 11.7 Å². The van der Waals surface area contributed by atoms with E-state index in [1.807, 2.05) is 0 Å². The highest BCUT2D eigenvalue weighted by molar-refractivity contribution is 5.94. The van der Waals surface area contributed by atoms with E-state index in [-0.39, 0.29) is 11.5 Å². The fraction of sp³-hybridized carbons (Fsp3) is 0.533. The van der Waals surface area contributed by atoms with E-state index in [2.05, 4.69) is 17.3 Å². The highest BCUT2D eigenvalue weighted by Crippen LogP contribution is 2.18. The van der Waals surface area contributed by atoms with Crippen molar-refractivity contribution in [3.8, 4) is 5.75 Å². The highest BCUT2D eigenvalue weighted by atomic mass is 19.1. The molecular weight excluding hydrogens is 259 g/mol. The molecule has 0 radical (unpaired) electrons. The number of phenols is 1. The van der Waals surface area contributed by atoms with Crippen LogP contribution in [-0.2, 0) is 0 Å². The number of carbonyl (C=O) groups excluding carboxylic acids is 1. The third kappa shape index (κ3) is 3.93. The fourth-order valence-corrected chi connectivity index (χ4v) is 2.65. The van der Waals surface area contributed by atoms with Crippen molar-refractivity contribution >= 4 is 5.91 Å². The lowest BCUT2D eigenvalue weighted by Gasteiger charge is -2.29. The predicted octanol–water partition coefficient (Wildman–Crippen LogP) is 1.99. The largest absolute Gasteiger partial charge is 0.505 e. The SMILES string of the molecule is CN1CCCC(CCNC(=O)c2ccc(F)c(O)c2)C1. The summed E-state index contributed by atoms with van der Waals surface area (Å²) in [6, 6.07) is 3.62. The van der Waals surface area contributed by atoms with E-state index >= 15 is 0 Å². The molecule has 1 aliphatic rings. The number of phenolic OH excluding ortho intramolecular Hbond substituents is 1. The Kier molecular flexibility index (Phi) is 4.95. The number of amides is 1. The number of hydrogen-bond acceptors (Lipinski definition) is 3. The second-order valence-corrected chi connectivity index (χ2v) is 5.48. The molecular formula is C15H21FN2O2. The van der Waals surface area contributed by atoms with Crippen molar-refractivity contribution in [3.05, 3.63) is 29.6 Å². The Hall–Kier alpha value is -1.62. The summed E-state index contributed by atoms with van der Waals surface area (Å²) >= 11 is 0. The first-order chi connectivity index (χ1) is 9.56. The quantitative estimate of drug-likeness (QED) is 0.887. The molecule has 1 heterocycles. The van der Waals surface area contributed by atoms with Gasteiger partial charge in [0.05, 0.1) is 0 Å². The Balaban J connectivity index is 1.78. The standard InChI is InChI=1S/C15H21FN2O2/c1-18-8-2-3-11(10-18)6-7-17-15(20)12-4-5-13(16)14(19)9-12/h4-5,9,11,19H,2-3,6-8,10H2,1H3,(H,17,20). The van der Waals surface area contributed by atoms with Crippen molar-refractivity contribution in [1.82, 2.24) is 10.2 Å². The zero-order valence-electron chi connectivity index (χ0n) is 11.7. The Morgan fingerprint density at radius 2 is 2.35 bits per heavy atom. The Labute approximate surface area is 118 Å². The van der Waals surface area contributed by atoms with Crippen molar-refractivity contribution in [3.63, 3.8) is 0 Å². The molecule has 1 saturated heterocycles. The van der Waals surface area contributed by atoms with Crippen LogP contribution in [0.3, 0.4) is 0 Å². The maximum atomic E-state index is 12.9. The molecule has 1 atom stereocenters. The van der Waals surface area contributed by atoms with Gasteiger partial charge >= 0.3 is 0 Å². The van der Waals surface area contributed by atoms with Crippen LogP contribution in [0.4, 0.5) is 4.39 Å². The summed E-state index contributed by atoms with van der Waals surface area (Å²) in [6.07, 6.45) is 3.36. The minimum absolute atomic E-state index is 0.274. The number of nitrogens with zero attached hydrogens (tertiary/aromatic N) is 1. The van der Waals surface area contributed by atoms with Gasteiger partial charge in [-0.2, -0.15) is 0 Å². The molecule has 4 nitrogen and oxygen atoms in total. The van der Waals surface area contributed by atoms with Crippen LogP contribution in [0.2, 0.25) is 0 Å².